The normalized spacial score (nSPS) is 11.7. The number of nitrogens with zero attached hydrogens (tertiary/aromatic N) is 3. The summed E-state index contributed by atoms with van der Waals surface area (Å²) in [7, 11) is 0. The third-order valence-electron chi connectivity index (χ3n) is 4.34. The number of fused-ring (bicyclic) bond motifs is 1. The van der Waals surface area contributed by atoms with E-state index in [4.69, 9.17) is 27.9 Å². The van der Waals surface area contributed by atoms with Crippen LogP contribution in [0.1, 0.15) is 11.5 Å². The Labute approximate surface area is 189 Å². The number of hydrogen-bond acceptors (Lipinski definition) is 4. The summed E-state index contributed by atoms with van der Waals surface area (Å²) >= 11 is 12.0. The molecule has 2 N–H and O–H groups in total. The van der Waals surface area contributed by atoms with Crippen LogP contribution in [0.25, 0.3) is 16.7 Å². The molecule has 7 nitrogen and oxygen atoms in total. The molecular weight excluding hydrogens is 470 g/mol. The average molecular weight is 484 g/mol. The molecule has 0 spiro atoms. The Kier molecular flexibility index (Phi) is 5.98. The quantitative estimate of drug-likeness (QED) is 0.413. The predicted octanol–water partition coefficient (Wildman–Crippen LogP) is 4.77. The van der Waals surface area contributed by atoms with Gasteiger partial charge >= 0.3 is 6.18 Å². The van der Waals surface area contributed by atoms with Crippen molar-refractivity contribution in [3.05, 3.63) is 70.1 Å². The Hall–Kier alpha value is -3.24. The van der Waals surface area contributed by atoms with Crippen molar-refractivity contribution in [2.45, 2.75) is 12.7 Å². The lowest BCUT2D eigenvalue weighted by molar-refractivity contribution is -0.141. The number of nitrogens with one attached hydrogen (secondary N) is 2. The summed E-state index contributed by atoms with van der Waals surface area (Å²) in [6, 6.07) is 12.0. The highest BCUT2D eigenvalue weighted by atomic mass is 35.5. The van der Waals surface area contributed by atoms with E-state index in [1.54, 1.807) is 30.3 Å². The Bertz CT molecular complexity index is 1290. The number of H-pyrrole nitrogens is 1. The first-order valence-electron chi connectivity index (χ1n) is 9.16. The van der Waals surface area contributed by atoms with Crippen molar-refractivity contribution in [1.82, 2.24) is 25.1 Å². The molecule has 12 heteroatoms. The van der Waals surface area contributed by atoms with E-state index in [1.165, 1.54) is 12.1 Å². The Morgan fingerprint density at radius 1 is 1.16 bits per heavy atom. The molecule has 0 saturated heterocycles. The number of aromatic amines is 1. The number of alkyl halides is 3. The van der Waals surface area contributed by atoms with Gasteiger partial charge in [0.1, 0.15) is 5.82 Å². The number of aromatic nitrogens is 4. The van der Waals surface area contributed by atoms with E-state index in [-0.39, 0.29) is 23.1 Å². The molecule has 0 aliphatic rings. The second-order valence-corrected chi connectivity index (χ2v) is 7.48. The lowest BCUT2D eigenvalue weighted by atomic mass is 10.3. The summed E-state index contributed by atoms with van der Waals surface area (Å²) < 4.78 is 45.7. The van der Waals surface area contributed by atoms with Gasteiger partial charge in [0.2, 0.25) is 5.88 Å². The van der Waals surface area contributed by atoms with Crippen LogP contribution in [0.5, 0.6) is 5.88 Å². The number of amides is 1. The molecule has 166 valence electrons. The van der Waals surface area contributed by atoms with E-state index in [2.05, 4.69) is 20.4 Å². The molecule has 0 atom stereocenters. The van der Waals surface area contributed by atoms with Crippen LogP contribution in [0.15, 0.2) is 48.5 Å². The van der Waals surface area contributed by atoms with Crippen molar-refractivity contribution in [1.29, 1.82) is 0 Å². The van der Waals surface area contributed by atoms with Crippen molar-refractivity contribution in [3.8, 4) is 11.6 Å². The van der Waals surface area contributed by atoms with Crippen LogP contribution in [0.2, 0.25) is 10.0 Å². The first kappa shape index (κ1) is 22.0. The van der Waals surface area contributed by atoms with Crippen molar-refractivity contribution in [2.75, 3.05) is 6.61 Å². The van der Waals surface area contributed by atoms with Gasteiger partial charge in [-0.3, -0.25) is 4.79 Å². The van der Waals surface area contributed by atoms with Gasteiger partial charge < -0.3 is 15.0 Å². The maximum atomic E-state index is 13.2. The number of benzene rings is 2. The third-order valence-corrected chi connectivity index (χ3v) is 4.90. The highest BCUT2D eigenvalue weighted by molar-refractivity contribution is 6.32. The standard InChI is InChI=1S/C20H14Cl2F3N5O2/c21-11-5-6-13-14(7-11)28-17(27-13)9-26-18(31)10-32-19-8-16(20(23,24)25)29-30(19)15-4-2-1-3-12(15)22/h1-8H,9-10H2,(H,26,31)(H,27,28). The molecule has 32 heavy (non-hydrogen) atoms. The maximum Gasteiger partial charge on any atom is 0.435 e. The zero-order valence-corrected chi connectivity index (χ0v) is 17.6. The molecular formula is C20H14Cl2F3N5O2. The fourth-order valence-electron chi connectivity index (χ4n) is 2.89. The summed E-state index contributed by atoms with van der Waals surface area (Å²) in [5.41, 5.74) is 0.398. The number of rotatable bonds is 6. The van der Waals surface area contributed by atoms with E-state index < -0.39 is 24.4 Å². The molecule has 2 aromatic carbocycles. The van der Waals surface area contributed by atoms with Gasteiger partial charge in [-0.2, -0.15) is 23.0 Å². The fourth-order valence-corrected chi connectivity index (χ4v) is 3.28. The second kappa shape index (κ2) is 8.71. The smallest absolute Gasteiger partial charge is 0.435 e. The molecule has 4 rings (SSSR count). The number of halogens is 5. The van der Waals surface area contributed by atoms with E-state index in [9.17, 15) is 18.0 Å². The van der Waals surface area contributed by atoms with Crippen LogP contribution in [0.3, 0.4) is 0 Å². The minimum Gasteiger partial charge on any atom is -0.467 e. The zero-order chi connectivity index (χ0) is 22.9. The Morgan fingerprint density at radius 2 is 1.94 bits per heavy atom. The largest absolute Gasteiger partial charge is 0.467 e. The average Bonchev–Trinajstić information content (AvgIpc) is 3.34. The van der Waals surface area contributed by atoms with Crippen molar-refractivity contribution in [3.63, 3.8) is 0 Å². The van der Waals surface area contributed by atoms with Gasteiger partial charge in [-0.15, -0.1) is 0 Å². The number of carbonyl (C=O) groups is 1. The van der Waals surface area contributed by atoms with Gasteiger partial charge in [-0.25, -0.2) is 4.98 Å². The molecule has 0 radical (unpaired) electrons. The highest BCUT2D eigenvalue weighted by Crippen LogP contribution is 2.33. The molecule has 2 aromatic heterocycles. The SMILES string of the molecule is O=C(COc1cc(C(F)(F)F)nn1-c1ccccc1Cl)NCc1nc2ccc(Cl)cc2[nH]1. The number of ether oxygens (including phenoxy) is 1. The predicted molar refractivity (Wildman–Crippen MR) is 112 cm³/mol. The topological polar surface area (TPSA) is 84.8 Å². The van der Waals surface area contributed by atoms with Crippen LogP contribution in [-0.2, 0) is 17.5 Å². The summed E-state index contributed by atoms with van der Waals surface area (Å²) in [4.78, 5) is 19.5. The minimum atomic E-state index is -4.70. The summed E-state index contributed by atoms with van der Waals surface area (Å²) in [6.45, 7) is -0.481. The Morgan fingerprint density at radius 3 is 2.69 bits per heavy atom. The number of carbonyl (C=O) groups excluding carboxylic acids is 1. The second-order valence-electron chi connectivity index (χ2n) is 6.64. The van der Waals surface area contributed by atoms with Gasteiger partial charge in [0.25, 0.3) is 5.91 Å². The monoisotopic (exact) mass is 483 g/mol. The summed E-state index contributed by atoms with van der Waals surface area (Å²) in [5, 5.41) is 6.83. The zero-order valence-electron chi connectivity index (χ0n) is 16.1. The molecule has 0 aliphatic carbocycles. The molecule has 2 heterocycles. The number of hydrogen-bond donors (Lipinski definition) is 2. The molecule has 0 saturated carbocycles. The molecule has 0 bridgehead atoms. The van der Waals surface area contributed by atoms with Crippen LogP contribution in [0, 0.1) is 0 Å². The van der Waals surface area contributed by atoms with Crippen LogP contribution in [-0.4, -0.2) is 32.3 Å². The lowest BCUT2D eigenvalue weighted by Crippen LogP contribution is -2.29. The molecule has 0 fully saturated rings. The summed E-state index contributed by atoms with van der Waals surface area (Å²) in [5.74, 6) is -0.362. The highest BCUT2D eigenvalue weighted by Gasteiger charge is 2.36. The van der Waals surface area contributed by atoms with E-state index in [0.29, 0.717) is 27.9 Å². The van der Waals surface area contributed by atoms with Crippen LogP contribution >= 0.6 is 23.2 Å². The van der Waals surface area contributed by atoms with Crippen molar-refractivity contribution >= 4 is 40.1 Å². The maximum absolute atomic E-state index is 13.2. The van der Waals surface area contributed by atoms with Gasteiger partial charge in [-0.1, -0.05) is 35.3 Å². The number of para-hydroxylation sites is 1. The molecule has 0 aliphatic heterocycles. The first-order valence-corrected chi connectivity index (χ1v) is 9.92. The molecule has 4 aromatic rings. The van der Waals surface area contributed by atoms with Crippen molar-refractivity contribution < 1.29 is 22.7 Å². The fraction of sp³-hybridized carbons (Fsp3) is 0.150. The molecule has 1 amide bonds. The molecule has 0 unspecified atom stereocenters. The van der Waals surface area contributed by atoms with E-state index in [1.807, 2.05) is 0 Å². The van der Waals surface area contributed by atoms with Gasteiger partial charge in [-0.05, 0) is 30.3 Å². The van der Waals surface area contributed by atoms with E-state index >= 15 is 0 Å². The third kappa shape index (κ3) is 4.81. The van der Waals surface area contributed by atoms with Crippen molar-refractivity contribution in [2.24, 2.45) is 0 Å². The minimum absolute atomic E-state index is 0.0616. The number of imidazole rings is 1. The first-order chi connectivity index (χ1) is 15.2. The van der Waals surface area contributed by atoms with Gasteiger partial charge in [0.05, 0.1) is 28.3 Å². The van der Waals surface area contributed by atoms with Gasteiger partial charge in [0.15, 0.2) is 12.3 Å². The summed E-state index contributed by atoms with van der Waals surface area (Å²) in [6.07, 6.45) is -4.70. The Balaban J connectivity index is 1.45. The lowest BCUT2D eigenvalue weighted by Gasteiger charge is -2.10. The van der Waals surface area contributed by atoms with Gasteiger partial charge in [0, 0.05) is 11.1 Å². The van der Waals surface area contributed by atoms with Crippen LogP contribution in [0.4, 0.5) is 13.2 Å². The van der Waals surface area contributed by atoms with Crippen LogP contribution < -0.4 is 10.1 Å². The van der Waals surface area contributed by atoms with E-state index in [0.717, 1.165) is 4.68 Å².